The number of aromatic nitrogens is 1. The van der Waals surface area contributed by atoms with Gasteiger partial charge in [0.1, 0.15) is 0 Å². The summed E-state index contributed by atoms with van der Waals surface area (Å²) in [6.07, 6.45) is 2.70. The van der Waals surface area contributed by atoms with E-state index >= 15 is 0 Å². The molecule has 1 atom stereocenters. The summed E-state index contributed by atoms with van der Waals surface area (Å²) in [6, 6.07) is 3.52. The average molecular weight is 193 g/mol. The van der Waals surface area contributed by atoms with Crippen molar-refractivity contribution in [1.82, 2.24) is 4.57 Å². The zero-order chi connectivity index (χ0) is 10.1. The molecule has 0 spiro atoms. The second-order valence-electron chi connectivity index (χ2n) is 3.96. The lowest BCUT2D eigenvalue weighted by atomic mass is 10.2. The Morgan fingerprint density at radius 1 is 1.50 bits per heavy atom. The van der Waals surface area contributed by atoms with E-state index in [0.29, 0.717) is 6.54 Å². The number of rotatable bonds is 2. The molecule has 76 valence electrons. The lowest BCUT2D eigenvalue weighted by molar-refractivity contribution is 0.171. The van der Waals surface area contributed by atoms with Crippen LogP contribution in [0.25, 0.3) is 0 Å². The van der Waals surface area contributed by atoms with Crippen LogP contribution in [0.3, 0.4) is 0 Å². The van der Waals surface area contributed by atoms with Crippen molar-refractivity contribution in [2.75, 3.05) is 0 Å². The Labute approximate surface area is 83.0 Å². The monoisotopic (exact) mass is 193 g/mol. The smallest absolute Gasteiger partial charge is 0.250 e. The Balaban J connectivity index is 2.46. The summed E-state index contributed by atoms with van der Waals surface area (Å²) in [7, 11) is 0. The Hall–Kier alpha value is -1.09. The standard InChI is InChI=1S/C11H15NO2/c1-8(13)7-12-10-4-2-3-9(10)5-6-11(12)14/h5-6,8,13H,2-4,7H2,1H3/t8-/m1/s1. The van der Waals surface area contributed by atoms with E-state index in [2.05, 4.69) is 0 Å². The first-order chi connectivity index (χ1) is 6.68. The van der Waals surface area contributed by atoms with Crippen LogP contribution in [0.1, 0.15) is 24.6 Å². The topological polar surface area (TPSA) is 42.2 Å². The number of fused-ring (bicyclic) bond motifs is 1. The van der Waals surface area contributed by atoms with Gasteiger partial charge in [0.15, 0.2) is 0 Å². The van der Waals surface area contributed by atoms with Gasteiger partial charge in [-0.25, -0.2) is 0 Å². The minimum atomic E-state index is -0.459. The predicted octanol–water partition coefficient (Wildman–Crippen LogP) is 0.718. The van der Waals surface area contributed by atoms with Crippen LogP contribution in [0, 0.1) is 0 Å². The molecule has 0 aliphatic heterocycles. The first kappa shape index (κ1) is 9.46. The highest BCUT2D eigenvalue weighted by Crippen LogP contribution is 2.19. The van der Waals surface area contributed by atoms with Crippen LogP contribution in [-0.4, -0.2) is 15.8 Å². The molecule has 0 unspecified atom stereocenters. The van der Waals surface area contributed by atoms with Crippen molar-refractivity contribution in [2.45, 2.75) is 38.8 Å². The van der Waals surface area contributed by atoms with Gasteiger partial charge in [0.2, 0.25) is 0 Å². The molecule has 1 aromatic heterocycles. The molecule has 3 heteroatoms. The second-order valence-corrected chi connectivity index (χ2v) is 3.96. The zero-order valence-corrected chi connectivity index (χ0v) is 8.36. The summed E-state index contributed by atoms with van der Waals surface area (Å²) in [4.78, 5) is 11.6. The third kappa shape index (κ3) is 1.60. The molecule has 0 saturated heterocycles. The normalized spacial score (nSPS) is 16.7. The van der Waals surface area contributed by atoms with Gasteiger partial charge in [0.25, 0.3) is 5.56 Å². The molecule has 0 bridgehead atoms. The Morgan fingerprint density at radius 3 is 3.00 bits per heavy atom. The molecular weight excluding hydrogens is 178 g/mol. The van der Waals surface area contributed by atoms with Crippen molar-refractivity contribution < 1.29 is 5.11 Å². The van der Waals surface area contributed by atoms with Crippen LogP contribution in [0.4, 0.5) is 0 Å². The summed E-state index contributed by atoms with van der Waals surface area (Å²) >= 11 is 0. The highest BCUT2D eigenvalue weighted by Gasteiger charge is 2.16. The SMILES string of the molecule is C[C@@H](O)Cn1c2c(ccc1=O)CCC2. The lowest BCUT2D eigenvalue weighted by Crippen LogP contribution is -2.27. The first-order valence-electron chi connectivity index (χ1n) is 5.08. The third-order valence-corrected chi connectivity index (χ3v) is 2.70. The van der Waals surface area contributed by atoms with Gasteiger partial charge < -0.3 is 9.67 Å². The fraction of sp³-hybridized carbons (Fsp3) is 0.545. The number of nitrogens with zero attached hydrogens (tertiary/aromatic N) is 1. The van der Waals surface area contributed by atoms with Crippen molar-refractivity contribution in [1.29, 1.82) is 0 Å². The van der Waals surface area contributed by atoms with Gasteiger partial charge in [-0.2, -0.15) is 0 Å². The lowest BCUT2D eigenvalue weighted by Gasteiger charge is -2.13. The van der Waals surface area contributed by atoms with Gasteiger partial charge in [-0.3, -0.25) is 4.79 Å². The van der Waals surface area contributed by atoms with E-state index in [-0.39, 0.29) is 5.56 Å². The number of hydrogen-bond donors (Lipinski definition) is 1. The van der Waals surface area contributed by atoms with Crippen LogP contribution in [0.15, 0.2) is 16.9 Å². The molecule has 1 aromatic rings. The zero-order valence-electron chi connectivity index (χ0n) is 8.36. The van der Waals surface area contributed by atoms with Gasteiger partial charge in [-0.15, -0.1) is 0 Å². The van der Waals surface area contributed by atoms with E-state index in [1.165, 1.54) is 5.56 Å². The van der Waals surface area contributed by atoms with E-state index in [4.69, 9.17) is 0 Å². The van der Waals surface area contributed by atoms with E-state index in [0.717, 1.165) is 25.0 Å². The molecule has 14 heavy (non-hydrogen) atoms. The summed E-state index contributed by atoms with van der Waals surface area (Å²) in [5.74, 6) is 0. The van der Waals surface area contributed by atoms with Crippen LogP contribution in [0.2, 0.25) is 0 Å². The fourth-order valence-corrected chi connectivity index (χ4v) is 2.10. The summed E-state index contributed by atoms with van der Waals surface area (Å²) in [6.45, 7) is 2.13. The number of pyridine rings is 1. The minimum absolute atomic E-state index is 0.00606. The Morgan fingerprint density at radius 2 is 2.29 bits per heavy atom. The third-order valence-electron chi connectivity index (χ3n) is 2.70. The number of aliphatic hydroxyl groups is 1. The number of hydrogen-bond acceptors (Lipinski definition) is 2. The van der Waals surface area contributed by atoms with Crippen LogP contribution in [-0.2, 0) is 19.4 Å². The molecule has 0 radical (unpaired) electrons. The van der Waals surface area contributed by atoms with Crippen molar-refractivity contribution in [3.8, 4) is 0 Å². The number of aryl methyl sites for hydroxylation is 1. The molecule has 1 aliphatic carbocycles. The maximum absolute atomic E-state index is 11.6. The molecule has 1 N–H and O–H groups in total. The summed E-state index contributed by atoms with van der Waals surface area (Å²) < 4.78 is 1.72. The van der Waals surface area contributed by atoms with Gasteiger partial charge in [0.05, 0.1) is 12.6 Å². The highest BCUT2D eigenvalue weighted by atomic mass is 16.3. The van der Waals surface area contributed by atoms with E-state index in [9.17, 15) is 9.90 Å². The van der Waals surface area contributed by atoms with Gasteiger partial charge >= 0.3 is 0 Å². The largest absolute Gasteiger partial charge is 0.392 e. The van der Waals surface area contributed by atoms with Gasteiger partial charge in [-0.1, -0.05) is 6.07 Å². The molecular formula is C11H15NO2. The summed E-state index contributed by atoms with van der Waals surface area (Å²) in [5, 5.41) is 9.30. The molecule has 1 heterocycles. The van der Waals surface area contributed by atoms with Crippen molar-refractivity contribution in [3.05, 3.63) is 33.7 Å². The highest BCUT2D eigenvalue weighted by molar-refractivity contribution is 5.25. The Kier molecular flexibility index (Phi) is 2.42. The van der Waals surface area contributed by atoms with Gasteiger partial charge in [-0.05, 0) is 31.7 Å². The fourth-order valence-electron chi connectivity index (χ4n) is 2.10. The van der Waals surface area contributed by atoms with E-state index < -0.39 is 6.10 Å². The second kappa shape index (κ2) is 3.58. The predicted molar refractivity (Wildman–Crippen MR) is 54.4 cm³/mol. The van der Waals surface area contributed by atoms with Crippen LogP contribution < -0.4 is 5.56 Å². The van der Waals surface area contributed by atoms with Crippen molar-refractivity contribution >= 4 is 0 Å². The molecule has 2 rings (SSSR count). The van der Waals surface area contributed by atoms with Crippen molar-refractivity contribution in [3.63, 3.8) is 0 Å². The Bertz CT molecular complexity index is 393. The molecule has 0 saturated carbocycles. The molecule has 3 nitrogen and oxygen atoms in total. The maximum Gasteiger partial charge on any atom is 0.250 e. The molecule has 1 aliphatic rings. The van der Waals surface area contributed by atoms with E-state index in [1.54, 1.807) is 17.6 Å². The minimum Gasteiger partial charge on any atom is -0.392 e. The van der Waals surface area contributed by atoms with Crippen LogP contribution >= 0.6 is 0 Å². The molecule has 0 fully saturated rings. The van der Waals surface area contributed by atoms with E-state index in [1.807, 2.05) is 6.07 Å². The maximum atomic E-state index is 11.6. The molecule has 0 aromatic carbocycles. The number of aliphatic hydroxyl groups excluding tert-OH is 1. The van der Waals surface area contributed by atoms with Crippen LogP contribution in [0.5, 0.6) is 0 Å². The molecule has 0 amide bonds. The first-order valence-corrected chi connectivity index (χ1v) is 5.08. The summed E-state index contributed by atoms with van der Waals surface area (Å²) in [5.41, 5.74) is 2.40. The quantitative estimate of drug-likeness (QED) is 0.752. The van der Waals surface area contributed by atoms with Crippen molar-refractivity contribution in [2.24, 2.45) is 0 Å². The van der Waals surface area contributed by atoms with Gasteiger partial charge in [0, 0.05) is 11.8 Å². The average Bonchev–Trinajstić information content (AvgIpc) is 2.57.